The van der Waals surface area contributed by atoms with Gasteiger partial charge in [0, 0.05) is 23.9 Å². The monoisotopic (exact) mass is 276 g/mol. The Labute approximate surface area is 95.8 Å². The molecule has 0 aliphatic rings. The summed E-state index contributed by atoms with van der Waals surface area (Å²) >= 11 is 5.08. The van der Waals surface area contributed by atoms with Crippen molar-refractivity contribution < 1.29 is 4.79 Å². The van der Waals surface area contributed by atoms with E-state index in [2.05, 4.69) is 27.3 Å². The highest BCUT2D eigenvalue weighted by Gasteiger charge is 2.05. The van der Waals surface area contributed by atoms with Crippen LogP contribution < -0.4 is 11.1 Å². The van der Waals surface area contributed by atoms with Crippen LogP contribution in [0.3, 0.4) is 0 Å². The van der Waals surface area contributed by atoms with Crippen molar-refractivity contribution in [1.82, 2.24) is 5.32 Å². The van der Waals surface area contributed by atoms with Gasteiger partial charge in [-0.2, -0.15) is 0 Å². The summed E-state index contributed by atoms with van der Waals surface area (Å²) in [5.41, 5.74) is 5.08. The van der Waals surface area contributed by atoms with Crippen LogP contribution in [0.4, 0.5) is 0 Å². The molecule has 0 saturated carbocycles. The van der Waals surface area contributed by atoms with Gasteiger partial charge < -0.3 is 11.1 Å². The Morgan fingerprint density at radius 1 is 1.71 bits per heavy atom. The van der Waals surface area contributed by atoms with Gasteiger partial charge in [0.15, 0.2) is 0 Å². The predicted molar refractivity (Wildman–Crippen MR) is 62.1 cm³/mol. The molecule has 0 saturated heterocycles. The average molecular weight is 277 g/mol. The summed E-state index contributed by atoms with van der Waals surface area (Å²) in [6, 6.07) is 4.20. The second kappa shape index (κ2) is 5.48. The number of nitrogens with one attached hydrogen (secondary N) is 1. The third kappa shape index (κ3) is 4.21. The molecule has 0 spiro atoms. The van der Waals surface area contributed by atoms with Crippen LogP contribution in [0.2, 0.25) is 0 Å². The molecule has 3 N–H and O–H groups in total. The highest BCUT2D eigenvalue weighted by molar-refractivity contribution is 9.11. The fourth-order valence-electron chi connectivity index (χ4n) is 1.10. The van der Waals surface area contributed by atoms with Crippen molar-refractivity contribution in [2.24, 2.45) is 5.73 Å². The SMILES string of the molecule is CC(CC(N)=O)NCc1ccc(Br)s1. The minimum atomic E-state index is -0.266. The molecule has 1 aromatic rings. The average Bonchev–Trinajstić information content (AvgIpc) is 2.47. The zero-order valence-electron chi connectivity index (χ0n) is 7.92. The minimum Gasteiger partial charge on any atom is -0.370 e. The first kappa shape index (κ1) is 11.7. The number of rotatable bonds is 5. The number of amides is 1. The number of carbonyl (C=O) groups excluding carboxylic acids is 1. The lowest BCUT2D eigenvalue weighted by molar-refractivity contribution is -0.118. The van der Waals surface area contributed by atoms with Crippen molar-refractivity contribution in [1.29, 1.82) is 0 Å². The fourth-order valence-corrected chi connectivity index (χ4v) is 2.53. The topological polar surface area (TPSA) is 55.1 Å². The molecule has 1 amide bonds. The maximum Gasteiger partial charge on any atom is 0.218 e. The van der Waals surface area contributed by atoms with Crippen molar-refractivity contribution in [2.75, 3.05) is 0 Å². The van der Waals surface area contributed by atoms with Crippen LogP contribution in [-0.2, 0) is 11.3 Å². The fraction of sp³-hybridized carbons (Fsp3) is 0.444. The van der Waals surface area contributed by atoms with Crippen LogP contribution >= 0.6 is 27.3 Å². The van der Waals surface area contributed by atoms with E-state index in [0.29, 0.717) is 6.42 Å². The number of thiophene rings is 1. The van der Waals surface area contributed by atoms with E-state index in [1.165, 1.54) is 4.88 Å². The van der Waals surface area contributed by atoms with Crippen molar-refractivity contribution >= 4 is 33.2 Å². The van der Waals surface area contributed by atoms with Gasteiger partial charge in [-0.15, -0.1) is 11.3 Å². The van der Waals surface area contributed by atoms with Gasteiger partial charge in [0.1, 0.15) is 0 Å². The van der Waals surface area contributed by atoms with Crippen LogP contribution in [0.25, 0.3) is 0 Å². The molecule has 78 valence electrons. The highest BCUT2D eigenvalue weighted by atomic mass is 79.9. The lowest BCUT2D eigenvalue weighted by atomic mass is 10.2. The summed E-state index contributed by atoms with van der Waals surface area (Å²) in [5.74, 6) is -0.266. The Bertz CT molecular complexity index is 314. The number of hydrogen-bond donors (Lipinski definition) is 2. The smallest absolute Gasteiger partial charge is 0.218 e. The molecule has 0 fully saturated rings. The van der Waals surface area contributed by atoms with Crippen LogP contribution in [0.5, 0.6) is 0 Å². The predicted octanol–water partition coefficient (Wildman–Crippen LogP) is 1.86. The molecule has 1 rings (SSSR count). The van der Waals surface area contributed by atoms with Crippen molar-refractivity contribution in [3.63, 3.8) is 0 Å². The minimum absolute atomic E-state index is 0.133. The largest absolute Gasteiger partial charge is 0.370 e. The Balaban J connectivity index is 2.30. The molecule has 0 radical (unpaired) electrons. The first-order chi connectivity index (χ1) is 6.58. The van der Waals surface area contributed by atoms with E-state index >= 15 is 0 Å². The Kier molecular flexibility index (Phi) is 4.57. The van der Waals surface area contributed by atoms with Gasteiger partial charge >= 0.3 is 0 Å². The number of halogens is 1. The third-order valence-corrected chi connectivity index (χ3v) is 3.38. The first-order valence-corrected chi connectivity index (χ1v) is 5.95. The summed E-state index contributed by atoms with van der Waals surface area (Å²) in [6.45, 7) is 2.73. The highest BCUT2D eigenvalue weighted by Crippen LogP contribution is 2.21. The van der Waals surface area contributed by atoms with Crippen LogP contribution in [0, 0.1) is 0 Å². The van der Waals surface area contributed by atoms with Crippen molar-refractivity contribution in [2.45, 2.75) is 25.9 Å². The van der Waals surface area contributed by atoms with Gasteiger partial charge in [0.25, 0.3) is 0 Å². The molecule has 1 aromatic heterocycles. The molecular weight excluding hydrogens is 264 g/mol. The normalized spacial score (nSPS) is 12.7. The number of hydrogen-bond acceptors (Lipinski definition) is 3. The van der Waals surface area contributed by atoms with Crippen LogP contribution in [-0.4, -0.2) is 11.9 Å². The van der Waals surface area contributed by atoms with Gasteiger partial charge in [-0.1, -0.05) is 0 Å². The standard InChI is InChI=1S/C9H13BrN2OS/c1-6(4-9(11)13)12-5-7-2-3-8(10)14-7/h2-3,6,12H,4-5H2,1H3,(H2,11,13). The van der Waals surface area contributed by atoms with E-state index in [1.807, 2.05) is 13.0 Å². The van der Waals surface area contributed by atoms with E-state index in [0.717, 1.165) is 10.3 Å². The number of primary amides is 1. The van der Waals surface area contributed by atoms with Gasteiger partial charge in [-0.05, 0) is 35.0 Å². The van der Waals surface area contributed by atoms with Crippen LogP contribution in [0.1, 0.15) is 18.2 Å². The molecule has 14 heavy (non-hydrogen) atoms. The number of nitrogens with two attached hydrogens (primary N) is 1. The van der Waals surface area contributed by atoms with Crippen LogP contribution in [0.15, 0.2) is 15.9 Å². The van der Waals surface area contributed by atoms with E-state index in [9.17, 15) is 4.79 Å². The summed E-state index contributed by atoms with van der Waals surface area (Å²) in [7, 11) is 0. The first-order valence-electron chi connectivity index (χ1n) is 4.34. The molecule has 1 atom stereocenters. The van der Waals surface area contributed by atoms with Gasteiger partial charge in [-0.25, -0.2) is 0 Å². The zero-order valence-corrected chi connectivity index (χ0v) is 10.3. The molecular formula is C9H13BrN2OS. The molecule has 0 aromatic carbocycles. The molecule has 3 nitrogen and oxygen atoms in total. The molecule has 1 heterocycles. The lowest BCUT2D eigenvalue weighted by Crippen LogP contribution is -2.30. The van der Waals surface area contributed by atoms with E-state index in [1.54, 1.807) is 11.3 Å². The Morgan fingerprint density at radius 2 is 2.43 bits per heavy atom. The van der Waals surface area contributed by atoms with E-state index < -0.39 is 0 Å². The third-order valence-electron chi connectivity index (χ3n) is 1.76. The van der Waals surface area contributed by atoms with Gasteiger partial charge in [0.2, 0.25) is 5.91 Å². The molecule has 0 bridgehead atoms. The molecule has 0 aliphatic carbocycles. The lowest BCUT2D eigenvalue weighted by Gasteiger charge is -2.10. The van der Waals surface area contributed by atoms with E-state index in [4.69, 9.17) is 5.73 Å². The van der Waals surface area contributed by atoms with Gasteiger partial charge in [-0.3, -0.25) is 4.79 Å². The van der Waals surface area contributed by atoms with Crippen molar-refractivity contribution in [3.05, 3.63) is 20.8 Å². The molecule has 1 unspecified atom stereocenters. The molecule has 0 aliphatic heterocycles. The molecule has 5 heteroatoms. The quantitative estimate of drug-likeness (QED) is 0.863. The summed E-state index contributed by atoms with van der Waals surface area (Å²) in [6.07, 6.45) is 0.381. The summed E-state index contributed by atoms with van der Waals surface area (Å²) in [4.78, 5) is 11.8. The number of carbonyl (C=O) groups is 1. The second-order valence-corrected chi connectivity index (χ2v) is 5.71. The summed E-state index contributed by atoms with van der Waals surface area (Å²) in [5, 5.41) is 3.23. The maximum absolute atomic E-state index is 10.6. The van der Waals surface area contributed by atoms with Gasteiger partial charge in [0.05, 0.1) is 3.79 Å². The maximum atomic E-state index is 10.6. The van der Waals surface area contributed by atoms with Crippen molar-refractivity contribution in [3.8, 4) is 0 Å². The Morgan fingerprint density at radius 3 is 2.93 bits per heavy atom. The zero-order chi connectivity index (χ0) is 10.6. The Hall–Kier alpha value is -0.390. The second-order valence-electron chi connectivity index (χ2n) is 3.16. The van der Waals surface area contributed by atoms with E-state index in [-0.39, 0.29) is 11.9 Å². The summed E-state index contributed by atoms with van der Waals surface area (Å²) < 4.78 is 1.12.